The van der Waals surface area contributed by atoms with Gasteiger partial charge >= 0.3 is 0 Å². The molecule has 3 amide bonds. The number of rotatable bonds is 7. The summed E-state index contributed by atoms with van der Waals surface area (Å²) in [7, 11) is 0. The Morgan fingerprint density at radius 1 is 1.29 bits per heavy atom. The highest BCUT2D eigenvalue weighted by molar-refractivity contribution is 5.96. The van der Waals surface area contributed by atoms with Gasteiger partial charge in [0.15, 0.2) is 0 Å². The highest BCUT2D eigenvalue weighted by atomic mass is 16.2. The molecule has 0 bridgehead atoms. The minimum Gasteiger partial charge on any atom is -0.370 e. The number of carbonyl (C=O) groups excluding carboxylic acids is 3. The van der Waals surface area contributed by atoms with Gasteiger partial charge in [0.05, 0.1) is 12.1 Å². The molecule has 1 atom stereocenters. The number of amides is 3. The third-order valence-electron chi connectivity index (χ3n) is 4.86. The van der Waals surface area contributed by atoms with Gasteiger partial charge < -0.3 is 16.0 Å². The smallest absolute Gasteiger partial charge is 0.253 e. The van der Waals surface area contributed by atoms with Crippen LogP contribution in [0.25, 0.3) is 11.1 Å². The summed E-state index contributed by atoms with van der Waals surface area (Å²) >= 11 is 0. The van der Waals surface area contributed by atoms with Crippen molar-refractivity contribution in [2.75, 3.05) is 19.6 Å². The van der Waals surface area contributed by atoms with E-state index in [1.807, 2.05) is 31.3 Å². The lowest BCUT2D eigenvalue weighted by Crippen LogP contribution is -2.34. The SMILES string of the molecule is CCNC(=O)[C@@H]1CCN(C(=O)c2cccc(-c3cnn(CCC(N)=O)c3)c2)C1. The summed E-state index contributed by atoms with van der Waals surface area (Å²) in [6.45, 7) is 3.93. The molecule has 3 rings (SSSR count). The van der Waals surface area contributed by atoms with Crippen molar-refractivity contribution < 1.29 is 14.4 Å². The number of nitrogens with zero attached hydrogens (tertiary/aromatic N) is 3. The summed E-state index contributed by atoms with van der Waals surface area (Å²) in [5.41, 5.74) is 7.48. The van der Waals surface area contributed by atoms with E-state index in [-0.39, 0.29) is 30.1 Å². The van der Waals surface area contributed by atoms with E-state index in [0.29, 0.717) is 38.2 Å². The van der Waals surface area contributed by atoms with Crippen molar-refractivity contribution >= 4 is 17.7 Å². The maximum Gasteiger partial charge on any atom is 0.253 e. The minimum atomic E-state index is -0.374. The van der Waals surface area contributed by atoms with E-state index in [1.54, 1.807) is 21.8 Å². The number of nitrogens with one attached hydrogen (secondary N) is 1. The molecule has 1 saturated heterocycles. The normalized spacial score (nSPS) is 16.2. The van der Waals surface area contributed by atoms with Crippen LogP contribution < -0.4 is 11.1 Å². The Balaban J connectivity index is 1.69. The Morgan fingerprint density at radius 3 is 2.86 bits per heavy atom. The average molecular weight is 383 g/mol. The molecule has 148 valence electrons. The third kappa shape index (κ3) is 4.57. The summed E-state index contributed by atoms with van der Waals surface area (Å²) in [4.78, 5) is 37.5. The van der Waals surface area contributed by atoms with Crippen LogP contribution in [0.5, 0.6) is 0 Å². The first-order valence-corrected chi connectivity index (χ1v) is 9.46. The molecule has 1 aromatic heterocycles. The topological polar surface area (TPSA) is 110 Å². The van der Waals surface area contributed by atoms with Gasteiger partial charge in [-0.25, -0.2) is 0 Å². The molecular weight excluding hydrogens is 358 g/mol. The summed E-state index contributed by atoms with van der Waals surface area (Å²) < 4.78 is 1.66. The van der Waals surface area contributed by atoms with Crippen molar-refractivity contribution in [1.29, 1.82) is 0 Å². The van der Waals surface area contributed by atoms with Crippen LogP contribution in [0.3, 0.4) is 0 Å². The maximum atomic E-state index is 12.9. The Bertz CT molecular complexity index is 876. The monoisotopic (exact) mass is 383 g/mol. The van der Waals surface area contributed by atoms with Crippen LogP contribution in [0.4, 0.5) is 0 Å². The molecular formula is C20H25N5O3. The second kappa shape index (κ2) is 8.69. The van der Waals surface area contributed by atoms with Gasteiger partial charge in [-0.2, -0.15) is 5.10 Å². The first kappa shape index (κ1) is 19.6. The maximum absolute atomic E-state index is 12.9. The fourth-order valence-electron chi connectivity index (χ4n) is 3.35. The number of carbonyl (C=O) groups is 3. The molecule has 28 heavy (non-hydrogen) atoms. The molecule has 2 heterocycles. The quantitative estimate of drug-likeness (QED) is 0.744. The van der Waals surface area contributed by atoms with Crippen molar-refractivity contribution in [3.8, 4) is 11.1 Å². The standard InChI is InChI=1S/C20H25N5O3/c1-2-22-19(27)16-6-8-24(12-16)20(28)15-5-3-4-14(10-15)17-11-23-25(13-17)9-7-18(21)26/h3-5,10-11,13,16H,2,6-9,12H2,1H3,(H2,21,26)(H,22,27)/t16-/m1/s1. The number of aryl methyl sites for hydroxylation is 1. The van der Waals surface area contributed by atoms with Crippen LogP contribution in [0.15, 0.2) is 36.7 Å². The van der Waals surface area contributed by atoms with Crippen LogP contribution >= 0.6 is 0 Å². The van der Waals surface area contributed by atoms with Gasteiger partial charge in [0.25, 0.3) is 5.91 Å². The highest BCUT2D eigenvalue weighted by Crippen LogP contribution is 2.23. The van der Waals surface area contributed by atoms with Crippen molar-refractivity contribution in [2.24, 2.45) is 11.7 Å². The first-order chi connectivity index (χ1) is 13.5. The minimum absolute atomic E-state index is 0.00919. The Kier molecular flexibility index (Phi) is 6.08. The largest absolute Gasteiger partial charge is 0.370 e. The number of primary amides is 1. The Morgan fingerprint density at radius 2 is 2.11 bits per heavy atom. The predicted molar refractivity (Wildman–Crippen MR) is 104 cm³/mol. The summed E-state index contributed by atoms with van der Waals surface area (Å²) in [6, 6.07) is 7.36. The van der Waals surface area contributed by atoms with Crippen LogP contribution in [0.1, 0.15) is 30.1 Å². The van der Waals surface area contributed by atoms with Gasteiger partial charge in [-0.05, 0) is 31.0 Å². The van der Waals surface area contributed by atoms with Crippen molar-refractivity contribution in [3.63, 3.8) is 0 Å². The van der Waals surface area contributed by atoms with E-state index >= 15 is 0 Å². The molecule has 0 unspecified atom stereocenters. The molecule has 8 heteroatoms. The highest BCUT2D eigenvalue weighted by Gasteiger charge is 2.31. The summed E-state index contributed by atoms with van der Waals surface area (Å²) in [5, 5.41) is 7.05. The molecule has 0 spiro atoms. The predicted octanol–water partition coefficient (Wildman–Crippen LogP) is 1.02. The van der Waals surface area contributed by atoms with Crippen LogP contribution in [-0.2, 0) is 16.1 Å². The van der Waals surface area contributed by atoms with Crippen molar-refractivity contribution in [1.82, 2.24) is 20.0 Å². The van der Waals surface area contributed by atoms with Gasteiger partial charge in [0, 0.05) is 49.9 Å². The van der Waals surface area contributed by atoms with Crippen molar-refractivity contribution in [2.45, 2.75) is 26.3 Å². The average Bonchev–Trinajstić information content (AvgIpc) is 3.36. The zero-order chi connectivity index (χ0) is 20.1. The van der Waals surface area contributed by atoms with E-state index in [1.165, 1.54) is 0 Å². The number of aromatic nitrogens is 2. The molecule has 0 saturated carbocycles. The van der Waals surface area contributed by atoms with Crippen LogP contribution in [0.2, 0.25) is 0 Å². The van der Waals surface area contributed by atoms with Crippen LogP contribution in [-0.4, -0.2) is 52.0 Å². The van der Waals surface area contributed by atoms with Gasteiger partial charge in [0.2, 0.25) is 11.8 Å². The molecule has 0 radical (unpaired) electrons. The number of benzene rings is 1. The molecule has 8 nitrogen and oxygen atoms in total. The van der Waals surface area contributed by atoms with E-state index in [0.717, 1.165) is 11.1 Å². The number of hydrogen-bond acceptors (Lipinski definition) is 4. The Hall–Kier alpha value is -3.16. The van der Waals surface area contributed by atoms with Crippen molar-refractivity contribution in [3.05, 3.63) is 42.2 Å². The van der Waals surface area contributed by atoms with Crippen LogP contribution in [0, 0.1) is 5.92 Å². The molecule has 1 aromatic carbocycles. The van der Waals surface area contributed by atoms with E-state index in [9.17, 15) is 14.4 Å². The van der Waals surface area contributed by atoms with Gasteiger partial charge in [-0.1, -0.05) is 12.1 Å². The van der Waals surface area contributed by atoms with Gasteiger partial charge in [-0.3, -0.25) is 19.1 Å². The lowest BCUT2D eigenvalue weighted by Gasteiger charge is -2.17. The first-order valence-electron chi connectivity index (χ1n) is 9.46. The molecule has 1 fully saturated rings. The second-order valence-corrected chi connectivity index (χ2v) is 6.92. The lowest BCUT2D eigenvalue weighted by atomic mass is 10.1. The molecule has 2 aromatic rings. The number of hydrogen-bond donors (Lipinski definition) is 2. The number of nitrogens with two attached hydrogens (primary N) is 1. The molecule has 0 aliphatic carbocycles. The van der Waals surface area contributed by atoms with Gasteiger partial charge in [0.1, 0.15) is 0 Å². The van der Waals surface area contributed by atoms with E-state index in [4.69, 9.17) is 5.73 Å². The van der Waals surface area contributed by atoms with E-state index in [2.05, 4.69) is 10.4 Å². The molecule has 3 N–H and O–H groups in total. The Labute approximate surface area is 163 Å². The van der Waals surface area contributed by atoms with E-state index < -0.39 is 0 Å². The fourth-order valence-corrected chi connectivity index (χ4v) is 3.35. The summed E-state index contributed by atoms with van der Waals surface area (Å²) in [6.07, 6.45) is 4.43. The molecule has 1 aliphatic heterocycles. The van der Waals surface area contributed by atoms with Gasteiger partial charge in [-0.15, -0.1) is 0 Å². The number of likely N-dealkylation sites (tertiary alicyclic amines) is 1. The lowest BCUT2D eigenvalue weighted by molar-refractivity contribution is -0.124. The molecule has 1 aliphatic rings. The third-order valence-corrected chi connectivity index (χ3v) is 4.86. The summed E-state index contributed by atoms with van der Waals surface area (Å²) in [5.74, 6) is -0.582. The zero-order valence-electron chi connectivity index (χ0n) is 15.9. The second-order valence-electron chi connectivity index (χ2n) is 6.92. The zero-order valence-corrected chi connectivity index (χ0v) is 15.9. The fraction of sp³-hybridized carbons (Fsp3) is 0.400.